The predicted molar refractivity (Wildman–Crippen MR) is 108 cm³/mol. The van der Waals surface area contributed by atoms with Gasteiger partial charge in [0.1, 0.15) is 12.5 Å². The van der Waals surface area contributed by atoms with Crippen LogP contribution in [0, 0.1) is 5.82 Å². The van der Waals surface area contributed by atoms with Crippen molar-refractivity contribution in [2.24, 2.45) is 0 Å². The summed E-state index contributed by atoms with van der Waals surface area (Å²) in [5, 5.41) is 5.31. The van der Waals surface area contributed by atoms with Crippen LogP contribution in [-0.4, -0.2) is 26.3 Å². The van der Waals surface area contributed by atoms with E-state index >= 15 is 0 Å². The van der Waals surface area contributed by atoms with Crippen molar-refractivity contribution < 1.29 is 27.1 Å². The Morgan fingerprint density at radius 3 is 2.63 bits per heavy atom. The molecule has 30 heavy (non-hydrogen) atoms. The molecule has 0 saturated heterocycles. The van der Waals surface area contributed by atoms with Crippen molar-refractivity contribution in [1.82, 2.24) is 0 Å². The average Bonchev–Trinajstić information content (AvgIpc) is 3.00. The Morgan fingerprint density at radius 2 is 1.97 bits per heavy atom. The van der Waals surface area contributed by atoms with Crippen molar-refractivity contribution in [2.45, 2.75) is 19.5 Å². The largest absolute Gasteiger partial charge is 0.418 e. The number of anilines is 3. The Labute approximate surface area is 171 Å². The number of benzene rings is 2. The number of alkyl halides is 3. The smallest absolute Gasteiger partial charge is 0.364 e. The summed E-state index contributed by atoms with van der Waals surface area (Å²) in [5.41, 5.74) is 0.248. The standard InChI is InChI=1S/C21H21F4N3O2/c1-3-8-28(12-30-2)19-7-5-14(10-17(19)21(23,24)25)26-11-16-15-9-13(22)4-6-18(15)27-20(16)29/h4-7,9-11,26H,3,8,12H2,1-2H3,(H,27,29)/b16-11+. The van der Waals surface area contributed by atoms with Gasteiger partial charge in [0.2, 0.25) is 0 Å². The number of fused-ring (bicyclic) bond motifs is 1. The minimum Gasteiger partial charge on any atom is -0.364 e. The van der Waals surface area contributed by atoms with Crippen LogP contribution >= 0.6 is 0 Å². The SMILES string of the molecule is CCCN(COC)c1ccc(N/C=C2/C(=O)Nc3ccc(F)cc32)cc1C(F)(F)F. The molecule has 0 fully saturated rings. The molecular formula is C21H21F4N3O2. The molecule has 5 nitrogen and oxygen atoms in total. The number of carbonyl (C=O) groups excluding carboxylic acids is 1. The van der Waals surface area contributed by atoms with E-state index in [9.17, 15) is 22.4 Å². The fourth-order valence-corrected chi connectivity index (χ4v) is 3.27. The molecule has 9 heteroatoms. The van der Waals surface area contributed by atoms with Gasteiger partial charge in [-0.1, -0.05) is 6.92 Å². The highest BCUT2D eigenvalue weighted by molar-refractivity contribution is 6.31. The Bertz CT molecular complexity index is 967. The van der Waals surface area contributed by atoms with Crippen molar-refractivity contribution in [2.75, 3.05) is 35.9 Å². The minimum atomic E-state index is -4.58. The number of ether oxygens (including phenoxy) is 1. The van der Waals surface area contributed by atoms with E-state index < -0.39 is 23.5 Å². The quantitative estimate of drug-likeness (QED) is 0.371. The third-order valence-corrected chi connectivity index (χ3v) is 4.57. The molecule has 0 bridgehead atoms. The van der Waals surface area contributed by atoms with Crippen molar-refractivity contribution in [1.29, 1.82) is 0 Å². The Morgan fingerprint density at radius 1 is 1.20 bits per heavy atom. The van der Waals surface area contributed by atoms with Gasteiger partial charge in [-0.15, -0.1) is 0 Å². The van der Waals surface area contributed by atoms with E-state index in [2.05, 4.69) is 10.6 Å². The number of nitrogens with one attached hydrogen (secondary N) is 2. The molecule has 1 aliphatic rings. The van der Waals surface area contributed by atoms with Crippen LogP contribution in [0.25, 0.3) is 5.57 Å². The van der Waals surface area contributed by atoms with Crippen LogP contribution in [-0.2, 0) is 15.7 Å². The summed E-state index contributed by atoms with van der Waals surface area (Å²) in [6, 6.07) is 7.66. The summed E-state index contributed by atoms with van der Waals surface area (Å²) in [6.07, 6.45) is -2.66. The van der Waals surface area contributed by atoms with E-state index in [0.29, 0.717) is 24.2 Å². The minimum absolute atomic E-state index is 0.00966. The predicted octanol–water partition coefficient (Wildman–Crippen LogP) is 5.07. The molecule has 0 unspecified atom stereocenters. The third kappa shape index (κ3) is 4.56. The molecule has 1 aliphatic heterocycles. The van der Waals surface area contributed by atoms with Crippen molar-refractivity contribution >= 4 is 28.5 Å². The van der Waals surface area contributed by atoms with Gasteiger partial charge >= 0.3 is 6.18 Å². The van der Waals surface area contributed by atoms with E-state index in [1.54, 1.807) is 0 Å². The number of hydrogen-bond acceptors (Lipinski definition) is 4. The lowest BCUT2D eigenvalue weighted by molar-refractivity contribution is -0.137. The molecule has 0 aliphatic carbocycles. The lowest BCUT2D eigenvalue weighted by Crippen LogP contribution is -2.28. The highest BCUT2D eigenvalue weighted by Gasteiger charge is 2.35. The van der Waals surface area contributed by atoms with Gasteiger partial charge < -0.3 is 20.3 Å². The molecule has 0 spiro atoms. The Kier molecular flexibility index (Phi) is 6.31. The van der Waals surface area contributed by atoms with Gasteiger partial charge in [-0.3, -0.25) is 4.79 Å². The maximum Gasteiger partial charge on any atom is 0.418 e. The number of rotatable bonds is 7. The molecule has 0 aromatic heterocycles. The van der Waals surface area contributed by atoms with E-state index in [0.717, 1.165) is 6.07 Å². The first-order chi connectivity index (χ1) is 14.2. The molecule has 160 valence electrons. The number of hydrogen-bond donors (Lipinski definition) is 2. The van der Waals surface area contributed by atoms with Gasteiger partial charge in [0.15, 0.2) is 0 Å². The Balaban J connectivity index is 1.94. The maximum absolute atomic E-state index is 13.7. The number of halogens is 4. The molecule has 0 radical (unpaired) electrons. The van der Waals surface area contributed by atoms with Crippen LogP contribution < -0.4 is 15.5 Å². The maximum atomic E-state index is 13.7. The van der Waals surface area contributed by atoms with Crippen LogP contribution in [0.15, 0.2) is 42.6 Å². The summed E-state index contributed by atoms with van der Waals surface area (Å²) >= 11 is 0. The van der Waals surface area contributed by atoms with E-state index in [-0.39, 0.29) is 23.7 Å². The van der Waals surface area contributed by atoms with Crippen molar-refractivity contribution in [3.05, 3.63) is 59.5 Å². The zero-order valence-corrected chi connectivity index (χ0v) is 16.4. The molecule has 0 atom stereocenters. The molecule has 2 aromatic carbocycles. The lowest BCUT2D eigenvalue weighted by Gasteiger charge is -2.27. The second-order valence-corrected chi connectivity index (χ2v) is 6.76. The molecule has 1 amide bonds. The highest BCUT2D eigenvalue weighted by atomic mass is 19.4. The molecule has 2 N–H and O–H groups in total. The van der Waals surface area contributed by atoms with Gasteiger partial charge in [-0.25, -0.2) is 4.39 Å². The van der Waals surface area contributed by atoms with Crippen LogP contribution in [0.1, 0.15) is 24.5 Å². The molecule has 3 rings (SSSR count). The fourth-order valence-electron chi connectivity index (χ4n) is 3.27. The highest BCUT2D eigenvalue weighted by Crippen LogP contribution is 2.39. The topological polar surface area (TPSA) is 53.6 Å². The van der Waals surface area contributed by atoms with Gasteiger partial charge in [0, 0.05) is 36.8 Å². The molecular weight excluding hydrogens is 402 g/mol. The summed E-state index contributed by atoms with van der Waals surface area (Å²) in [6.45, 7) is 2.29. The van der Waals surface area contributed by atoms with Gasteiger partial charge in [0.25, 0.3) is 5.91 Å². The zero-order chi connectivity index (χ0) is 21.9. The normalized spacial score (nSPS) is 14.6. The van der Waals surface area contributed by atoms with Gasteiger partial charge in [-0.2, -0.15) is 13.2 Å². The second kappa shape index (κ2) is 8.74. The zero-order valence-electron chi connectivity index (χ0n) is 16.4. The first-order valence-corrected chi connectivity index (χ1v) is 9.27. The Hall–Kier alpha value is -3.07. The van der Waals surface area contributed by atoms with E-state index in [1.807, 2.05) is 6.92 Å². The lowest BCUT2D eigenvalue weighted by atomic mass is 10.1. The number of nitrogens with zero attached hydrogens (tertiary/aromatic N) is 1. The third-order valence-electron chi connectivity index (χ3n) is 4.57. The van der Waals surface area contributed by atoms with Crippen LogP contribution in [0.5, 0.6) is 0 Å². The first-order valence-electron chi connectivity index (χ1n) is 9.27. The van der Waals surface area contributed by atoms with Gasteiger partial charge in [0.05, 0.1) is 16.8 Å². The first kappa shape index (κ1) is 21.6. The second-order valence-electron chi connectivity index (χ2n) is 6.76. The monoisotopic (exact) mass is 423 g/mol. The van der Waals surface area contributed by atoms with E-state index in [1.165, 1.54) is 48.5 Å². The summed E-state index contributed by atoms with van der Waals surface area (Å²) in [5.74, 6) is -0.987. The number of carbonyl (C=O) groups is 1. The van der Waals surface area contributed by atoms with E-state index in [4.69, 9.17) is 4.74 Å². The van der Waals surface area contributed by atoms with Crippen molar-refractivity contribution in [3.63, 3.8) is 0 Å². The molecule has 0 saturated carbocycles. The fraction of sp³-hybridized carbons (Fsp3) is 0.286. The van der Waals surface area contributed by atoms with Crippen LogP contribution in [0.2, 0.25) is 0 Å². The summed E-state index contributed by atoms with van der Waals surface area (Å²) < 4.78 is 59.7. The summed E-state index contributed by atoms with van der Waals surface area (Å²) in [4.78, 5) is 13.6. The van der Waals surface area contributed by atoms with Crippen LogP contribution in [0.3, 0.4) is 0 Å². The average molecular weight is 423 g/mol. The molecule has 2 aromatic rings. The van der Waals surface area contributed by atoms with Gasteiger partial charge in [-0.05, 0) is 42.8 Å². The molecule has 1 heterocycles. The van der Waals surface area contributed by atoms with Crippen molar-refractivity contribution in [3.8, 4) is 0 Å². The van der Waals surface area contributed by atoms with Crippen LogP contribution in [0.4, 0.5) is 34.6 Å². The number of methoxy groups -OCH3 is 1. The number of amides is 1. The summed E-state index contributed by atoms with van der Waals surface area (Å²) in [7, 11) is 1.42.